The van der Waals surface area contributed by atoms with Crippen LogP contribution in [0.4, 0.5) is 13.2 Å². The molecule has 1 aromatic heterocycles. The standard InChI is InChI=1S/C7H2ClF3INO/c8-5(14)3-1-2-13-6(12)4(3)7(9,10)11/h1-2H. The van der Waals surface area contributed by atoms with Crippen molar-refractivity contribution in [2.75, 3.05) is 0 Å². The van der Waals surface area contributed by atoms with Crippen LogP contribution in [0.5, 0.6) is 0 Å². The molecule has 0 spiro atoms. The fourth-order valence-corrected chi connectivity index (χ4v) is 1.78. The summed E-state index contributed by atoms with van der Waals surface area (Å²) in [6, 6.07) is 0.945. The number of halogens is 5. The molecule has 1 aromatic rings. The number of rotatable bonds is 1. The minimum absolute atomic E-state index is 0.290. The summed E-state index contributed by atoms with van der Waals surface area (Å²) in [4.78, 5) is 14.1. The number of alkyl halides is 3. The number of aromatic nitrogens is 1. The van der Waals surface area contributed by atoms with Crippen LogP contribution in [0.25, 0.3) is 0 Å². The zero-order chi connectivity index (χ0) is 10.9. The summed E-state index contributed by atoms with van der Waals surface area (Å²) < 4.78 is 37.0. The van der Waals surface area contributed by atoms with Crippen molar-refractivity contribution in [2.45, 2.75) is 6.18 Å². The van der Waals surface area contributed by atoms with Gasteiger partial charge in [0.2, 0.25) is 0 Å². The van der Waals surface area contributed by atoms with Gasteiger partial charge in [-0.25, -0.2) is 4.98 Å². The molecule has 0 saturated carbocycles. The second-order valence-corrected chi connectivity index (χ2v) is 3.66. The highest BCUT2D eigenvalue weighted by Crippen LogP contribution is 2.34. The van der Waals surface area contributed by atoms with Gasteiger partial charge in [-0.3, -0.25) is 4.79 Å². The molecule has 0 bridgehead atoms. The first-order valence-electron chi connectivity index (χ1n) is 3.25. The van der Waals surface area contributed by atoms with E-state index >= 15 is 0 Å². The van der Waals surface area contributed by atoms with Crippen molar-refractivity contribution in [1.82, 2.24) is 4.98 Å². The summed E-state index contributed by atoms with van der Waals surface area (Å²) in [5.41, 5.74) is -1.65. The van der Waals surface area contributed by atoms with E-state index in [-0.39, 0.29) is 3.70 Å². The molecular formula is C7H2ClF3INO. The third-order valence-electron chi connectivity index (χ3n) is 1.40. The summed E-state index contributed by atoms with van der Waals surface area (Å²) in [7, 11) is 0. The highest BCUT2D eigenvalue weighted by atomic mass is 127. The number of carbonyl (C=O) groups excluding carboxylic acids is 1. The van der Waals surface area contributed by atoms with Gasteiger partial charge in [-0.1, -0.05) is 0 Å². The van der Waals surface area contributed by atoms with Gasteiger partial charge in [0.15, 0.2) is 0 Å². The molecule has 1 heterocycles. The lowest BCUT2D eigenvalue weighted by atomic mass is 10.1. The number of hydrogen-bond acceptors (Lipinski definition) is 2. The molecule has 0 aliphatic heterocycles. The Kier molecular flexibility index (Phi) is 3.36. The Labute approximate surface area is 95.6 Å². The van der Waals surface area contributed by atoms with E-state index in [1.54, 1.807) is 0 Å². The van der Waals surface area contributed by atoms with E-state index in [4.69, 9.17) is 11.6 Å². The Hall–Kier alpha value is -0.370. The monoisotopic (exact) mass is 335 g/mol. The molecule has 0 saturated heterocycles. The van der Waals surface area contributed by atoms with Crippen LogP contribution in [-0.2, 0) is 6.18 Å². The van der Waals surface area contributed by atoms with Gasteiger partial charge in [0.05, 0.1) is 11.1 Å². The van der Waals surface area contributed by atoms with Gasteiger partial charge in [0.1, 0.15) is 3.70 Å². The number of pyridine rings is 1. The molecule has 0 amide bonds. The first-order chi connectivity index (χ1) is 6.34. The van der Waals surface area contributed by atoms with E-state index < -0.39 is 22.5 Å². The predicted octanol–water partition coefficient (Wildman–Crippen LogP) is 3.08. The van der Waals surface area contributed by atoms with Crippen LogP contribution >= 0.6 is 34.2 Å². The molecule has 2 nitrogen and oxygen atoms in total. The summed E-state index contributed by atoms with van der Waals surface area (Å²) >= 11 is 6.42. The molecule has 0 aromatic carbocycles. The van der Waals surface area contributed by atoms with E-state index in [1.807, 2.05) is 0 Å². The lowest BCUT2D eigenvalue weighted by molar-refractivity contribution is -0.138. The van der Waals surface area contributed by atoms with Crippen LogP contribution in [0.3, 0.4) is 0 Å². The van der Waals surface area contributed by atoms with Crippen molar-refractivity contribution in [1.29, 1.82) is 0 Å². The fraction of sp³-hybridized carbons (Fsp3) is 0.143. The first-order valence-corrected chi connectivity index (χ1v) is 4.71. The minimum Gasteiger partial charge on any atom is -0.276 e. The van der Waals surface area contributed by atoms with E-state index in [1.165, 1.54) is 22.6 Å². The maximum atomic E-state index is 12.4. The molecule has 1 rings (SSSR count). The van der Waals surface area contributed by atoms with Crippen LogP contribution < -0.4 is 0 Å². The minimum atomic E-state index is -4.62. The summed E-state index contributed by atoms with van der Waals surface area (Å²) in [5, 5.41) is -1.14. The fourth-order valence-electron chi connectivity index (χ4n) is 0.870. The zero-order valence-corrected chi connectivity index (χ0v) is 9.31. The summed E-state index contributed by atoms with van der Waals surface area (Å²) in [6.07, 6.45) is -3.52. The van der Waals surface area contributed by atoms with Gasteiger partial charge < -0.3 is 0 Å². The van der Waals surface area contributed by atoms with Gasteiger partial charge in [0, 0.05) is 6.20 Å². The molecule has 0 unspecified atom stereocenters. The average Bonchev–Trinajstić information content (AvgIpc) is 2.01. The van der Waals surface area contributed by atoms with E-state index in [2.05, 4.69) is 4.98 Å². The van der Waals surface area contributed by atoms with Crippen molar-refractivity contribution in [3.05, 3.63) is 27.1 Å². The van der Waals surface area contributed by atoms with Crippen LogP contribution in [0, 0.1) is 3.70 Å². The Morgan fingerprint density at radius 2 is 2.07 bits per heavy atom. The molecule has 0 aliphatic rings. The Balaban J connectivity index is 3.45. The van der Waals surface area contributed by atoms with Crippen LogP contribution in [0.2, 0.25) is 0 Å². The van der Waals surface area contributed by atoms with Gasteiger partial charge in [-0.2, -0.15) is 13.2 Å². The molecular weight excluding hydrogens is 333 g/mol. The third kappa shape index (κ3) is 2.35. The average molecular weight is 335 g/mol. The maximum Gasteiger partial charge on any atom is 0.419 e. The van der Waals surface area contributed by atoms with Gasteiger partial charge in [-0.15, -0.1) is 0 Å². The maximum absolute atomic E-state index is 12.4. The molecule has 0 radical (unpaired) electrons. The second kappa shape index (κ2) is 4.01. The molecule has 0 aliphatic carbocycles. The highest BCUT2D eigenvalue weighted by Gasteiger charge is 2.37. The largest absolute Gasteiger partial charge is 0.419 e. The van der Waals surface area contributed by atoms with E-state index in [0.717, 1.165) is 12.3 Å². The highest BCUT2D eigenvalue weighted by molar-refractivity contribution is 14.1. The smallest absolute Gasteiger partial charge is 0.276 e. The molecule has 14 heavy (non-hydrogen) atoms. The molecule has 76 valence electrons. The summed E-state index contributed by atoms with van der Waals surface area (Å²) in [6.45, 7) is 0. The molecule has 7 heteroatoms. The molecule has 0 fully saturated rings. The van der Waals surface area contributed by atoms with E-state index in [0.29, 0.717) is 0 Å². The normalized spacial score (nSPS) is 11.5. The number of nitrogens with zero attached hydrogens (tertiary/aromatic N) is 1. The van der Waals surface area contributed by atoms with Gasteiger partial charge >= 0.3 is 6.18 Å². The lowest BCUT2D eigenvalue weighted by Crippen LogP contribution is -2.14. The number of hydrogen-bond donors (Lipinski definition) is 0. The Morgan fingerprint density at radius 3 is 2.43 bits per heavy atom. The molecule has 0 N–H and O–H groups in total. The third-order valence-corrected chi connectivity index (χ3v) is 2.42. The predicted molar refractivity (Wildman–Crippen MR) is 52.1 cm³/mol. The van der Waals surface area contributed by atoms with Gasteiger partial charge in [0.25, 0.3) is 5.24 Å². The zero-order valence-electron chi connectivity index (χ0n) is 6.40. The second-order valence-electron chi connectivity index (χ2n) is 2.30. The molecule has 0 atom stereocenters. The van der Waals surface area contributed by atoms with Crippen molar-refractivity contribution < 1.29 is 18.0 Å². The topological polar surface area (TPSA) is 30.0 Å². The quantitative estimate of drug-likeness (QED) is 0.448. The van der Waals surface area contributed by atoms with Crippen molar-refractivity contribution in [3.8, 4) is 0 Å². The number of carbonyl (C=O) groups is 1. The van der Waals surface area contributed by atoms with Gasteiger partial charge in [-0.05, 0) is 40.3 Å². The Morgan fingerprint density at radius 1 is 1.50 bits per heavy atom. The van der Waals surface area contributed by atoms with Crippen molar-refractivity contribution in [3.63, 3.8) is 0 Å². The van der Waals surface area contributed by atoms with Crippen molar-refractivity contribution in [2.24, 2.45) is 0 Å². The van der Waals surface area contributed by atoms with Crippen molar-refractivity contribution >= 4 is 39.4 Å². The first kappa shape index (κ1) is 11.7. The summed E-state index contributed by atoms with van der Waals surface area (Å²) in [5.74, 6) is 0. The Bertz CT molecular complexity index is 380. The van der Waals surface area contributed by atoms with Crippen LogP contribution in [-0.4, -0.2) is 10.2 Å². The SMILES string of the molecule is O=C(Cl)c1ccnc(I)c1C(F)(F)F. The lowest BCUT2D eigenvalue weighted by Gasteiger charge is -2.10. The van der Waals surface area contributed by atoms with E-state index in [9.17, 15) is 18.0 Å². The van der Waals surface area contributed by atoms with Crippen LogP contribution in [0.1, 0.15) is 15.9 Å². The van der Waals surface area contributed by atoms with Crippen LogP contribution in [0.15, 0.2) is 12.3 Å².